The zero-order chi connectivity index (χ0) is 28.6. The van der Waals surface area contributed by atoms with Crippen LogP contribution in [0.15, 0.2) is 83.9 Å². The standard InChI is InChI=1S/C29H28N2O9/c1-5-35-28(33)39-25-17(3)31-27(37-18(4)32)26(40-29(34)36-6-2)24(25)21-13-10-14-23-22(21)15-20(16-30-23)38-19-11-8-7-9-12-19/h7-16,24,31H,5-6H2,1-4H3. The van der Waals surface area contributed by atoms with Crippen LogP contribution in [0.25, 0.3) is 10.9 Å². The number of allylic oxidation sites excluding steroid dienone is 1. The van der Waals surface area contributed by atoms with Crippen LogP contribution in [0.4, 0.5) is 9.59 Å². The molecule has 2 heterocycles. The Labute approximate surface area is 230 Å². The Morgan fingerprint density at radius 2 is 1.52 bits per heavy atom. The highest BCUT2D eigenvalue weighted by Crippen LogP contribution is 2.43. The Bertz CT molecular complexity index is 1480. The lowest BCUT2D eigenvalue weighted by Crippen LogP contribution is -2.32. The van der Waals surface area contributed by atoms with Gasteiger partial charge in [0, 0.05) is 12.3 Å². The predicted octanol–water partition coefficient (Wildman–Crippen LogP) is 6.02. The van der Waals surface area contributed by atoms with E-state index in [4.69, 9.17) is 28.4 Å². The molecule has 208 valence electrons. The molecule has 40 heavy (non-hydrogen) atoms. The van der Waals surface area contributed by atoms with Crippen LogP contribution in [0.3, 0.4) is 0 Å². The Morgan fingerprint density at radius 1 is 0.850 bits per heavy atom. The van der Waals surface area contributed by atoms with Gasteiger partial charge in [0.15, 0.2) is 5.76 Å². The minimum atomic E-state index is -1.07. The van der Waals surface area contributed by atoms with Gasteiger partial charge in [0.1, 0.15) is 23.2 Å². The lowest BCUT2D eigenvalue weighted by atomic mass is 9.89. The summed E-state index contributed by atoms with van der Waals surface area (Å²) in [5.41, 5.74) is 1.40. The molecule has 1 unspecified atom stereocenters. The summed E-state index contributed by atoms with van der Waals surface area (Å²) in [6.45, 7) is 6.17. The molecular weight excluding hydrogens is 520 g/mol. The summed E-state index contributed by atoms with van der Waals surface area (Å²) in [7, 11) is 0. The number of hydrogen-bond donors (Lipinski definition) is 1. The molecule has 0 saturated carbocycles. The SMILES string of the molecule is CCOC(=O)OC1=C(C)NC(OC(C)=O)=C(OC(=O)OCC)C1c1cccc2ncc(Oc3ccccc3)cc12. The molecule has 0 bridgehead atoms. The lowest BCUT2D eigenvalue weighted by Gasteiger charge is -2.30. The molecule has 0 radical (unpaired) electrons. The van der Waals surface area contributed by atoms with E-state index < -0.39 is 24.2 Å². The molecule has 2 aromatic carbocycles. The normalized spacial score (nSPS) is 14.8. The molecule has 1 atom stereocenters. The number of dihydropyridines is 1. The highest BCUT2D eigenvalue weighted by atomic mass is 16.7. The molecule has 1 N–H and O–H groups in total. The second kappa shape index (κ2) is 12.7. The predicted molar refractivity (Wildman–Crippen MR) is 142 cm³/mol. The van der Waals surface area contributed by atoms with E-state index in [0.29, 0.717) is 33.7 Å². The van der Waals surface area contributed by atoms with Crippen molar-refractivity contribution in [2.24, 2.45) is 0 Å². The van der Waals surface area contributed by atoms with Gasteiger partial charge in [-0.1, -0.05) is 30.3 Å². The fourth-order valence-electron chi connectivity index (χ4n) is 4.06. The first kappa shape index (κ1) is 28.0. The van der Waals surface area contributed by atoms with Crippen LogP contribution in [-0.4, -0.2) is 36.5 Å². The van der Waals surface area contributed by atoms with E-state index in [-0.39, 0.29) is 30.6 Å². The van der Waals surface area contributed by atoms with E-state index in [9.17, 15) is 14.4 Å². The summed E-state index contributed by atoms with van der Waals surface area (Å²) in [4.78, 5) is 41.5. The second-order valence-corrected chi connectivity index (χ2v) is 8.40. The third kappa shape index (κ3) is 6.49. The number of aromatic nitrogens is 1. The topological polar surface area (TPSA) is 132 Å². The minimum absolute atomic E-state index is 0.0343. The van der Waals surface area contributed by atoms with Crippen molar-refractivity contribution >= 4 is 29.2 Å². The van der Waals surface area contributed by atoms with Gasteiger partial charge in [-0.05, 0) is 50.6 Å². The first-order valence-electron chi connectivity index (χ1n) is 12.5. The zero-order valence-electron chi connectivity index (χ0n) is 22.4. The van der Waals surface area contributed by atoms with Gasteiger partial charge in [-0.2, -0.15) is 0 Å². The number of nitrogens with one attached hydrogen (secondary N) is 1. The van der Waals surface area contributed by atoms with Crippen LogP contribution < -0.4 is 10.1 Å². The van der Waals surface area contributed by atoms with Crippen molar-refractivity contribution in [2.45, 2.75) is 33.6 Å². The second-order valence-electron chi connectivity index (χ2n) is 8.40. The third-order valence-corrected chi connectivity index (χ3v) is 5.60. The molecule has 0 fully saturated rings. The van der Waals surface area contributed by atoms with Crippen LogP contribution in [0, 0.1) is 0 Å². The van der Waals surface area contributed by atoms with Gasteiger partial charge >= 0.3 is 18.3 Å². The molecular formula is C29H28N2O9. The molecule has 0 spiro atoms. The number of carbonyl (C=O) groups excluding carboxylic acids is 3. The van der Waals surface area contributed by atoms with Gasteiger partial charge in [0.05, 0.1) is 30.6 Å². The first-order valence-corrected chi connectivity index (χ1v) is 12.5. The molecule has 0 saturated heterocycles. The third-order valence-electron chi connectivity index (χ3n) is 5.60. The van der Waals surface area contributed by atoms with Crippen molar-refractivity contribution in [1.82, 2.24) is 10.3 Å². The summed E-state index contributed by atoms with van der Waals surface area (Å²) in [6, 6.07) is 16.2. The maximum absolute atomic E-state index is 12.5. The first-order chi connectivity index (χ1) is 19.3. The van der Waals surface area contributed by atoms with E-state index in [1.165, 1.54) is 6.92 Å². The van der Waals surface area contributed by atoms with E-state index >= 15 is 0 Å². The zero-order valence-corrected chi connectivity index (χ0v) is 22.4. The van der Waals surface area contributed by atoms with E-state index in [0.717, 1.165) is 0 Å². The Kier molecular flexibility index (Phi) is 8.85. The van der Waals surface area contributed by atoms with E-state index in [1.807, 2.05) is 18.2 Å². The average molecular weight is 549 g/mol. The number of hydrogen-bond acceptors (Lipinski definition) is 11. The molecule has 0 aliphatic carbocycles. The van der Waals surface area contributed by atoms with Gasteiger partial charge in [-0.25, -0.2) is 9.59 Å². The number of benzene rings is 2. The Morgan fingerprint density at radius 3 is 2.17 bits per heavy atom. The molecule has 11 heteroatoms. The van der Waals surface area contributed by atoms with Crippen molar-refractivity contribution in [1.29, 1.82) is 0 Å². The fourth-order valence-corrected chi connectivity index (χ4v) is 4.06. The van der Waals surface area contributed by atoms with Crippen LogP contribution in [0.1, 0.15) is 39.2 Å². The summed E-state index contributed by atoms with van der Waals surface area (Å²) in [5.74, 6) is -0.982. The van der Waals surface area contributed by atoms with Gasteiger partial charge in [0.25, 0.3) is 0 Å². The number of esters is 1. The van der Waals surface area contributed by atoms with Crippen LogP contribution in [0.5, 0.6) is 11.5 Å². The van der Waals surface area contributed by atoms with Crippen molar-refractivity contribution in [3.8, 4) is 11.5 Å². The molecule has 4 rings (SSSR count). The number of rotatable bonds is 8. The molecule has 0 amide bonds. The largest absolute Gasteiger partial charge is 0.513 e. The summed E-state index contributed by atoms with van der Waals surface area (Å²) >= 11 is 0. The number of ether oxygens (including phenoxy) is 6. The number of para-hydroxylation sites is 1. The van der Waals surface area contributed by atoms with Crippen molar-refractivity contribution in [3.05, 3.63) is 89.5 Å². The molecule has 1 aliphatic rings. The molecule has 1 aromatic heterocycles. The van der Waals surface area contributed by atoms with Gasteiger partial charge in [0.2, 0.25) is 5.88 Å². The molecule has 3 aromatic rings. The lowest BCUT2D eigenvalue weighted by molar-refractivity contribution is -0.138. The van der Waals surface area contributed by atoms with Gasteiger partial charge in [-0.15, -0.1) is 0 Å². The Balaban J connectivity index is 1.91. The summed E-state index contributed by atoms with van der Waals surface area (Å²) in [5, 5.41) is 3.44. The van der Waals surface area contributed by atoms with Crippen LogP contribution in [0.2, 0.25) is 0 Å². The number of carbonyl (C=O) groups is 3. The highest BCUT2D eigenvalue weighted by molar-refractivity contribution is 5.85. The molecule has 1 aliphatic heterocycles. The maximum Gasteiger partial charge on any atom is 0.513 e. The summed E-state index contributed by atoms with van der Waals surface area (Å²) < 4.78 is 32.5. The average Bonchev–Trinajstić information content (AvgIpc) is 2.92. The fraction of sp³-hybridized carbons (Fsp3) is 0.241. The van der Waals surface area contributed by atoms with Gasteiger partial charge < -0.3 is 33.7 Å². The quantitative estimate of drug-likeness (QED) is 0.262. The maximum atomic E-state index is 12.5. The molecule has 11 nitrogen and oxygen atoms in total. The smallest absolute Gasteiger partial charge is 0.456 e. The number of pyridine rings is 1. The van der Waals surface area contributed by atoms with Gasteiger partial charge in [-0.3, -0.25) is 9.78 Å². The minimum Gasteiger partial charge on any atom is -0.456 e. The summed E-state index contributed by atoms with van der Waals surface area (Å²) in [6.07, 6.45) is -0.438. The van der Waals surface area contributed by atoms with Crippen LogP contribution in [-0.2, 0) is 28.5 Å². The van der Waals surface area contributed by atoms with E-state index in [1.54, 1.807) is 63.4 Å². The van der Waals surface area contributed by atoms with Crippen molar-refractivity contribution < 1.29 is 42.8 Å². The number of nitrogens with zero attached hydrogens (tertiary/aromatic N) is 1. The van der Waals surface area contributed by atoms with Crippen molar-refractivity contribution in [2.75, 3.05) is 13.2 Å². The van der Waals surface area contributed by atoms with Crippen molar-refractivity contribution in [3.63, 3.8) is 0 Å². The monoisotopic (exact) mass is 548 g/mol. The van der Waals surface area contributed by atoms with Crippen LogP contribution >= 0.6 is 0 Å². The number of fused-ring (bicyclic) bond motifs is 1. The van der Waals surface area contributed by atoms with E-state index in [2.05, 4.69) is 10.3 Å². The Hall–Kier alpha value is -5.06. The highest BCUT2D eigenvalue weighted by Gasteiger charge is 2.39.